The molecule has 3 rings (SSSR count). The number of hydrogen-bond donors (Lipinski definition) is 2. The number of rotatable bonds is 7. The predicted octanol–water partition coefficient (Wildman–Crippen LogP) is 1.13. The first-order chi connectivity index (χ1) is 13.0. The van der Waals surface area contributed by atoms with E-state index in [9.17, 15) is 9.59 Å². The average molecular weight is 391 g/mol. The summed E-state index contributed by atoms with van der Waals surface area (Å²) in [6.07, 6.45) is 1.45. The highest BCUT2D eigenvalue weighted by molar-refractivity contribution is 7.99. The number of aryl methyl sites for hydroxylation is 1. The summed E-state index contributed by atoms with van der Waals surface area (Å²) in [6, 6.07) is 5.32. The molecule has 1 aliphatic heterocycles. The molecule has 0 aliphatic carbocycles. The molecule has 1 aromatic carbocycles. The zero-order chi connectivity index (χ0) is 19.2. The Morgan fingerprint density at radius 2 is 2.04 bits per heavy atom. The van der Waals surface area contributed by atoms with Crippen LogP contribution in [0.15, 0.2) is 23.4 Å². The van der Waals surface area contributed by atoms with Crippen molar-refractivity contribution >= 4 is 29.3 Å². The van der Waals surface area contributed by atoms with Gasteiger partial charge in [0, 0.05) is 38.1 Å². The van der Waals surface area contributed by atoms with E-state index in [-0.39, 0.29) is 24.0 Å². The number of aromatic nitrogens is 3. The van der Waals surface area contributed by atoms with Crippen molar-refractivity contribution < 1.29 is 19.1 Å². The summed E-state index contributed by atoms with van der Waals surface area (Å²) in [6.45, 7) is 1.21. The lowest BCUT2D eigenvalue weighted by Gasteiger charge is -2.10. The van der Waals surface area contributed by atoms with E-state index < -0.39 is 0 Å². The molecule has 0 bridgehead atoms. The second kappa shape index (κ2) is 8.76. The minimum absolute atomic E-state index is 0.170. The van der Waals surface area contributed by atoms with Gasteiger partial charge in [-0.2, -0.15) is 0 Å². The second-order valence-electron chi connectivity index (χ2n) is 5.97. The van der Waals surface area contributed by atoms with Crippen LogP contribution in [-0.4, -0.2) is 45.5 Å². The molecule has 2 heterocycles. The number of ether oxygens (including phenoxy) is 2. The van der Waals surface area contributed by atoms with Gasteiger partial charge in [0.25, 0.3) is 0 Å². The van der Waals surface area contributed by atoms with Crippen LogP contribution >= 0.6 is 11.8 Å². The molecular formula is C17H21N5O4S. The Balaban J connectivity index is 1.54. The van der Waals surface area contributed by atoms with E-state index in [2.05, 4.69) is 15.5 Å². The Bertz CT molecular complexity index is 839. The van der Waals surface area contributed by atoms with Crippen LogP contribution in [0.5, 0.6) is 11.5 Å². The molecule has 27 heavy (non-hydrogen) atoms. The van der Waals surface area contributed by atoms with Gasteiger partial charge in [0.05, 0.1) is 19.0 Å². The molecule has 0 saturated carbocycles. The Morgan fingerprint density at radius 1 is 1.26 bits per heavy atom. The molecule has 3 N–H and O–H groups in total. The summed E-state index contributed by atoms with van der Waals surface area (Å²) in [5, 5.41) is 11.5. The molecule has 2 aromatic rings. The Labute approximate surface area is 160 Å². The number of carbonyl (C=O) groups excluding carboxylic acids is 2. The van der Waals surface area contributed by atoms with Gasteiger partial charge in [-0.05, 0) is 12.1 Å². The summed E-state index contributed by atoms with van der Waals surface area (Å²) < 4.78 is 13.0. The maximum absolute atomic E-state index is 12.2. The molecule has 0 saturated heterocycles. The molecule has 0 radical (unpaired) electrons. The zero-order valence-electron chi connectivity index (χ0n) is 14.9. The third kappa shape index (κ3) is 5.13. The number of benzene rings is 1. The Hall–Kier alpha value is -2.75. The fraction of sp³-hybridized carbons (Fsp3) is 0.412. The molecule has 9 nitrogen and oxygen atoms in total. The van der Waals surface area contributed by atoms with Crippen molar-refractivity contribution in [2.45, 2.75) is 24.4 Å². The first kappa shape index (κ1) is 19.0. The van der Waals surface area contributed by atoms with Crippen molar-refractivity contribution in [3.63, 3.8) is 0 Å². The van der Waals surface area contributed by atoms with Crippen LogP contribution in [0.2, 0.25) is 0 Å². The van der Waals surface area contributed by atoms with E-state index in [0.29, 0.717) is 47.8 Å². The Morgan fingerprint density at radius 3 is 2.81 bits per heavy atom. The zero-order valence-corrected chi connectivity index (χ0v) is 15.8. The molecule has 0 unspecified atom stereocenters. The standard InChI is InChI=1S/C17H21N5O4S/c1-22-15(6-5-14(18)23)20-21-17(22)27-10-16(24)19-11-3-4-12-13(9-11)26-8-2-7-25-12/h3-4,9H,2,5-8,10H2,1H3,(H2,18,23)(H,19,24). The molecule has 1 aromatic heterocycles. The van der Waals surface area contributed by atoms with E-state index in [0.717, 1.165) is 6.42 Å². The minimum Gasteiger partial charge on any atom is -0.490 e. The molecule has 0 spiro atoms. The number of carbonyl (C=O) groups is 2. The van der Waals surface area contributed by atoms with Gasteiger partial charge < -0.3 is 25.1 Å². The van der Waals surface area contributed by atoms with Gasteiger partial charge in [-0.1, -0.05) is 11.8 Å². The van der Waals surface area contributed by atoms with E-state index in [1.54, 1.807) is 29.8 Å². The summed E-state index contributed by atoms with van der Waals surface area (Å²) in [4.78, 5) is 23.1. The lowest BCUT2D eigenvalue weighted by Crippen LogP contribution is -2.15. The van der Waals surface area contributed by atoms with Crippen LogP contribution in [0.3, 0.4) is 0 Å². The van der Waals surface area contributed by atoms with Crippen molar-refractivity contribution in [3.8, 4) is 11.5 Å². The monoisotopic (exact) mass is 391 g/mol. The Kier molecular flexibility index (Phi) is 6.17. The van der Waals surface area contributed by atoms with Crippen LogP contribution in [0.25, 0.3) is 0 Å². The van der Waals surface area contributed by atoms with Gasteiger partial charge in [-0.3, -0.25) is 9.59 Å². The smallest absolute Gasteiger partial charge is 0.234 e. The van der Waals surface area contributed by atoms with Gasteiger partial charge in [-0.15, -0.1) is 10.2 Å². The molecule has 0 fully saturated rings. The highest BCUT2D eigenvalue weighted by atomic mass is 32.2. The SMILES string of the molecule is Cn1c(CCC(N)=O)nnc1SCC(=O)Nc1ccc2c(c1)OCCCO2. The summed E-state index contributed by atoms with van der Waals surface area (Å²) >= 11 is 1.27. The first-order valence-electron chi connectivity index (χ1n) is 8.52. The molecule has 2 amide bonds. The number of nitrogens with zero attached hydrogens (tertiary/aromatic N) is 3. The maximum atomic E-state index is 12.2. The summed E-state index contributed by atoms with van der Waals surface area (Å²) in [7, 11) is 1.79. The number of fused-ring (bicyclic) bond motifs is 1. The van der Waals surface area contributed by atoms with Crippen LogP contribution in [0.4, 0.5) is 5.69 Å². The third-order valence-corrected chi connectivity index (χ3v) is 4.90. The lowest BCUT2D eigenvalue weighted by molar-refractivity contribution is -0.118. The highest BCUT2D eigenvalue weighted by Crippen LogP contribution is 2.32. The minimum atomic E-state index is -0.387. The van der Waals surface area contributed by atoms with Crippen LogP contribution in [0, 0.1) is 0 Å². The number of amides is 2. The normalized spacial score (nSPS) is 13.1. The van der Waals surface area contributed by atoms with E-state index in [4.69, 9.17) is 15.2 Å². The van der Waals surface area contributed by atoms with E-state index in [1.807, 2.05) is 0 Å². The van der Waals surface area contributed by atoms with Crippen molar-refractivity contribution in [3.05, 3.63) is 24.0 Å². The topological polar surface area (TPSA) is 121 Å². The fourth-order valence-corrected chi connectivity index (χ4v) is 3.22. The van der Waals surface area contributed by atoms with Gasteiger partial charge in [-0.25, -0.2) is 0 Å². The number of hydrogen-bond acceptors (Lipinski definition) is 7. The summed E-state index contributed by atoms with van der Waals surface area (Å²) in [5.74, 6) is 1.58. The van der Waals surface area contributed by atoms with Crippen LogP contribution in [-0.2, 0) is 23.1 Å². The largest absolute Gasteiger partial charge is 0.490 e. The van der Waals surface area contributed by atoms with E-state index >= 15 is 0 Å². The molecule has 144 valence electrons. The molecule has 1 aliphatic rings. The average Bonchev–Trinajstić information content (AvgIpc) is 2.83. The van der Waals surface area contributed by atoms with Crippen molar-refractivity contribution in [1.29, 1.82) is 0 Å². The number of anilines is 1. The van der Waals surface area contributed by atoms with Crippen LogP contribution < -0.4 is 20.5 Å². The first-order valence-corrected chi connectivity index (χ1v) is 9.50. The second-order valence-corrected chi connectivity index (χ2v) is 6.92. The summed E-state index contributed by atoms with van der Waals surface area (Å²) in [5.41, 5.74) is 5.79. The predicted molar refractivity (Wildman–Crippen MR) is 99.9 cm³/mol. The van der Waals surface area contributed by atoms with Gasteiger partial charge in [0.1, 0.15) is 5.82 Å². The van der Waals surface area contributed by atoms with Gasteiger partial charge >= 0.3 is 0 Å². The van der Waals surface area contributed by atoms with Crippen molar-refractivity contribution in [2.24, 2.45) is 12.8 Å². The van der Waals surface area contributed by atoms with E-state index in [1.165, 1.54) is 11.8 Å². The molecular weight excluding hydrogens is 370 g/mol. The van der Waals surface area contributed by atoms with Gasteiger partial charge in [0.15, 0.2) is 16.7 Å². The fourth-order valence-electron chi connectivity index (χ4n) is 2.49. The number of thioether (sulfide) groups is 1. The number of nitrogens with two attached hydrogens (primary N) is 1. The highest BCUT2D eigenvalue weighted by Gasteiger charge is 2.14. The third-order valence-electron chi connectivity index (χ3n) is 3.88. The maximum Gasteiger partial charge on any atom is 0.234 e. The quantitative estimate of drug-likeness (QED) is 0.679. The van der Waals surface area contributed by atoms with Crippen molar-refractivity contribution in [1.82, 2.24) is 14.8 Å². The van der Waals surface area contributed by atoms with Gasteiger partial charge in [0.2, 0.25) is 11.8 Å². The lowest BCUT2D eigenvalue weighted by atomic mass is 10.2. The van der Waals surface area contributed by atoms with Crippen LogP contribution in [0.1, 0.15) is 18.7 Å². The molecule has 0 atom stereocenters. The number of nitrogens with one attached hydrogen (secondary N) is 1. The molecule has 10 heteroatoms. The number of primary amides is 1. The van der Waals surface area contributed by atoms with Crippen molar-refractivity contribution in [2.75, 3.05) is 24.3 Å².